The van der Waals surface area contributed by atoms with Crippen LogP contribution in [0.2, 0.25) is 0 Å². The van der Waals surface area contributed by atoms with Crippen molar-refractivity contribution in [2.24, 2.45) is 5.92 Å². The number of alkyl halides is 1. The molecule has 1 fully saturated rings. The first-order valence-corrected chi connectivity index (χ1v) is 7.59. The Labute approximate surface area is 117 Å². The van der Waals surface area contributed by atoms with Gasteiger partial charge in [-0.2, -0.15) is 0 Å². The Morgan fingerprint density at radius 3 is 2.78 bits per heavy atom. The van der Waals surface area contributed by atoms with Gasteiger partial charge < -0.3 is 4.74 Å². The van der Waals surface area contributed by atoms with Crippen LogP contribution in [0.5, 0.6) is 0 Å². The van der Waals surface area contributed by atoms with Crippen LogP contribution >= 0.6 is 15.9 Å². The number of ether oxygens (including phenoxy) is 1. The molecule has 1 nitrogen and oxygen atoms in total. The van der Waals surface area contributed by atoms with Gasteiger partial charge in [0.05, 0.1) is 6.10 Å². The average molecular weight is 315 g/mol. The summed E-state index contributed by atoms with van der Waals surface area (Å²) in [4.78, 5) is 0.363. The van der Waals surface area contributed by atoms with Crippen LogP contribution in [0.3, 0.4) is 0 Å². The van der Waals surface area contributed by atoms with E-state index in [-0.39, 0.29) is 5.82 Å². The first-order chi connectivity index (χ1) is 8.69. The molecule has 3 heteroatoms. The molecule has 1 atom stereocenters. The number of hydrogen-bond acceptors (Lipinski definition) is 1. The lowest BCUT2D eigenvalue weighted by Crippen LogP contribution is -2.33. The molecule has 0 aromatic heterocycles. The summed E-state index contributed by atoms with van der Waals surface area (Å²) in [6.07, 6.45) is 4.66. The van der Waals surface area contributed by atoms with Crippen molar-refractivity contribution in [1.82, 2.24) is 0 Å². The summed E-state index contributed by atoms with van der Waals surface area (Å²) in [5.74, 6) is 0.639. The third-order valence-corrected chi connectivity index (χ3v) is 4.28. The van der Waals surface area contributed by atoms with Crippen molar-refractivity contribution < 1.29 is 9.13 Å². The van der Waals surface area contributed by atoms with E-state index in [1.807, 2.05) is 19.1 Å². The van der Waals surface area contributed by atoms with E-state index in [1.165, 1.54) is 6.07 Å². The van der Waals surface area contributed by atoms with Crippen LogP contribution < -0.4 is 0 Å². The van der Waals surface area contributed by atoms with Gasteiger partial charge >= 0.3 is 0 Å². The predicted octanol–water partition coefficient (Wildman–Crippen LogP) is 4.34. The summed E-state index contributed by atoms with van der Waals surface area (Å²) < 4.78 is 19.1. The molecule has 1 aliphatic carbocycles. The number of hydrogen-bond donors (Lipinski definition) is 0. The fourth-order valence-corrected chi connectivity index (χ4v) is 3.46. The van der Waals surface area contributed by atoms with Crippen molar-refractivity contribution in [3.63, 3.8) is 0 Å². The van der Waals surface area contributed by atoms with Crippen LogP contribution in [0.25, 0.3) is 0 Å². The van der Waals surface area contributed by atoms with Crippen molar-refractivity contribution in [2.75, 3.05) is 6.61 Å². The summed E-state index contributed by atoms with van der Waals surface area (Å²) in [5, 5.41) is 0. The van der Waals surface area contributed by atoms with Gasteiger partial charge in [-0.1, -0.05) is 34.1 Å². The van der Waals surface area contributed by atoms with Crippen molar-refractivity contribution >= 4 is 15.9 Å². The molecule has 1 aromatic rings. The maximum Gasteiger partial charge on any atom is 0.126 e. The fourth-order valence-electron chi connectivity index (χ4n) is 2.59. The number of halogens is 2. The Kier molecular flexibility index (Phi) is 5.19. The zero-order valence-corrected chi connectivity index (χ0v) is 12.3. The van der Waals surface area contributed by atoms with Crippen LogP contribution in [0.4, 0.5) is 4.39 Å². The predicted molar refractivity (Wildman–Crippen MR) is 75.6 cm³/mol. The van der Waals surface area contributed by atoms with Crippen molar-refractivity contribution in [3.8, 4) is 0 Å². The standard InChI is InChI=1S/C15H20BrFO/c1-2-18-14-8-11(9-14)7-13(16)10-12-5-3-4-6-15(12)17/h3-6,11,13-14H,2,7-10H2,1H3. The molecule has 100 valence electrons. The highest BCUT2D eigenvalue weighted by atomic mass is 79.9. The Bertz CT molecular complexity index is 377. The summed E-state index contributed by atoms with van der Waals surface area (Å²) in [6.45, 7) is 2.85. The molecule has 0 N–H and O–H groups in total. The molecule has 1 saturated carbocycles. The van der Waals surface area contributed by atoms with E-state index in [1.54, 1.807) is 6.07 Å². The Balaban J connectivity index is 1.73. The number of benzene rings is 1. The van der Waals surface area contributed by atoms with Crippen LogP contribution in [0, 0.1) is 11.7 Å². The minimum Gasteiger partial charge on any atom is -0.378 e. The maximum atomic E-state index is 13.5. The van der Waals surface area contributed by atoms with E-state index < -0.39 is 0 Å². The Morgan fingerprint density at radius 1 is 1.39 bits per heavy atom. The van der Waals surface area contributed by atoms with Crippen LogP contribution in [-0.2, 0) is 11.2 Å². The van der Waals surface area contributed by atoms with Crippen molar-refractivity contribution in [2.45, 2.75) is 43.5 Å². The van der Waals surface area contributed by atoms with Crippen molar-refractivity contribution in [1.29, 1.82) is 0 Å². The highest BCUT2D eigenvalue weighted by Gasteiger charge is 2.30. The van der Waals surface area contributed by atoms with E-state index in [2.05, 4.69) is 15.9 Å². The Hall–Kier alpha value is -0.410. The second-order valence-electron chi connectivity index (χ2n) is 5.04. The van der Waals surface area contributed by atoms with Gasteiger partial charge in [-0.15, -0.1) is 0 Å². The van der Waals surface area contributed by atoms with Gasteiger partial charge in [-0.05, 0) is 50.2 Å². The minimum absolute atomic E-state index is 0.0947. The van der Waals surface area contributed by atoms with Crippen molar-refractivity contribution in [3.05, 3.63) is 35.6 Å². The molecule has 2 rings (SSSR count). The topological polar surface area (TPSA) is 9.23 Å². The van der Waals surface area contributed by atoms with E-state index in [4.69, 9.17) is 4.74 Å². The number of rotatable bonds is 6. The van der Waals surface area contributed by atoms with E-state index in [0.29, 0.717) is 10.9 Å². The molecule has 0 bridgehead atoms. The molecule has 0 aliphatic heterocycles. The van der Waals surface area contributed by atoms with Crippen LogP contribution in [0.1, 0.15) is 31.7 Å². The molecule has 1 aliphatic rings. The zero-order chi connectivity index (χ0) is 13.0. The van der Waals surface area contributed by atoms with E-state index in [0.717, 1.165) is 43.8 Å². The first-order valence-electron chi connectivity index (χ1n) is 6.68. The SMILES string of the molecule is CCOC1CC(CC(Br)Cc2ccccc2F)C1. The minimum atomic E-state index is -0.0947. The zero-order valence-electron chi connectivity index (χ0n) is 10.7. The monoisotopic (exact) mass is 314 g/mol. The quantitative estimate of drug-likeness (QED) is 0.710. The van der Waals surface area contributed by atoms with Gasteiger partial charge in [0.1, 0.15) is 5.82 Å². The van der Waals surface area contributed by atoms with Crippen LogP contribution in [0.15, 0.2) is 24.3 Å². The fraction of sp³-hybridized carbons (Fsp3) is 0.600. The lowest BCUT2D eigenvalue weighted by molar-refractivity contribution is -0.0263. The molecule has 18 heavy (non-hydrogen) atoms. The molecule has 0 heterocycles. The molecule has 0 saturated heterocycles. The van der Waals surface area contributed by atoms with Gasteiger partial charge in [-0.3, -0.25) is 0 Å². The van der Waals surface area contributed by atoms with E-state index >= 15 is 0 Å². The lowest BCUT2D eigenvalue weighted by Gasteiger charge is -2.36. The molecular formula is C15H20BrFO. The summed E-state index contributed by atoms with van der Waals surface area (Å²) >= 11 is 3.68. The molecule has 1 aromatic carbocycles. The normalized spacial score (nSPS) is 24.6. The third kappa shape index (κ3) is 3.79. The Morgan fingerprint density at radius 2 is 2.11 bits per heavy atom. The maximum absolute atomic E-state index is 13.5. The molecule has 0 amide bonds. The molecular weight excluding hydrogens is 295 g/mol. The second-order valence-corrected chi connectivity index (χ2v) is 6.34. The summed E-state index contributed by atoms with van der Waals surface area (Å²) in [6, 6.07) is 7.03. The van der Waals surface area contributed by atoms with Gasteiger partial charge in [0.15, 0.2) is 0 Å². The largest absolute Gasteiger partial charge is 0.378 e. The molecule has 0 radical (unpaired) electrons. The summed E-state index contributed by atoms with van der Waals surface area (Å²) in [7, 11) is 0. The third-order valence-electron chi connectivity index (χ3n) is 3.58. The van der Waals surface area contributed by atoms with Gasteiger partial charge in [0.2, 0.25) is 0 Å². The van der Waals surface area contributed by atoms with E-state index in [9.17, 15) is 4.39 Å². The summed E-state index contributed by atoms with van der Waals surface area (Å²) in [5.41, 5.74) is 0.806. The highest BCUT2D eigenvalue weighted by Crippen LogP contribution is 2.35. The van der Waals surface area contributed by atoms with Gasteiger partial charge in [-0.25, -0.2) is 4.39 Å². The average Bonchev–Trinajstić information content (AvgIpc) is 2.29. The smallest absolute Gasteiger partial charge is 0.126 e. The highest BCUT2D eigenvalue weighted by molar-refractivity contribution is 9.09. The molecule has 1 unspecified atom stereocenters. The van der Waals surface area contributed by atoms with Crippen LogP contribution in [-0.4, -0.2) is 17.5 Å². The second kappa shape index (κ2) is 6.67. The lowest BCUT2D eigenvalue weighted by atomic mass is 9.79. The van der Waals surface area contributed by atoms with Gasteiger partial charge in [0, 0.05) is 11.4 Å². The van der Waals surface area contributed by atoms with Gasteiger partial charge in [0.25, 0.3) is 0 Å². The molecule has 0 spiro atoms. The first kappa shape index (κ1) is 14.0.